The smallest absolute Gasteiger partial charge is 0.366 e. The Morgan fingerprint density at radius 1 is 1.29 bits per heavy atom. The summed E-state index contributed by atoms with van der Waals surface area (Å²) >= 11 is 0. The topological polar surface area (TPSA) is 75.4 Å². The van der Waals surface area contributed by atoms with Gasteiger partial charge in [-0.1, -0.05) is 0 Å². The number of hydrogen-bond donors (Lipinski definition) is 2. The molecule has 2 rings (SSSR count). The van der Waals surface area contributed by atoms with E-state index in [4.69, 9.17) is 5.73 Å². The lowest BCUT2D eigenvalue weighted by atomic mass is 9.96. The molecule has 1 heterocycles. The molecule has 1 saturated heterocycles. The fraction of sp³-hybridized carbons (Fsp3) is 0.500. The number of likely N-dealkylation sites (tertiary alicyclic amines) is 1. The van der Waals surface area contributed by atoms with Crippen molar-refractivity contribution >= 4 is 17.5 Å². The third-order valence-electron chi connectivity index (χ3n) is 4.28. The summed E-state index contributed by atoms with van der Waals surface area (Å²) in [6.07, 6.45) is -3.72. The predicted octanol–water partition coefficient (Wildman–Crippen LogP) is 2.39. The predicted molar refractivity (Wildman–Crippen MR) is 83.4 cm³/mol. The zero-order chi connectivity index (χ0) is 17.9. The molecule has 1 aromatic carbocycles. The van der Waals surface area contributed by atoms with Crippen molar-refractivity contribution in [3.8, 4) is 0 Å². The maximum absolute atomic E-state index is 12.9. The minimum atomic E-state index is -4.24. The Labute approximate surface area is 138 Å². The van der Waals surface area contributed by atoms with Gasteiger partial charge in [-0.3, -0.25) is 14.5 Å². The normalized spacial score (nSPS) is 20.4. The summed E-state index contributed by atoms with van der Waals surface area (Å²) in [5, 5.41) is 2.64. The number of piperidine rings is 1. The summed E-state index contributed by atoms with van der Waals surface area (Å²) in [5.74, 6) is -2.35. The number of hydrogen-bond acceptors (Lipinski definition) is 3. The Morgan fingerprint density at radius 3 is 2.46 bits per heavy atom. The maximum atomic E-state index is 12.9. The summed E-state index contributed by atoms with van der Waals surface area (Å²) in [5.41, 5.74) is 5.90. The van der Waals surface area contributed by atoms with Crippen LogP contribution in [0.1, 0.15) is 30.1 Å². The van der Waals surface area contributed by atoms with Crippen molar-refractivity contribution in [2.24, 2.45) is 11.7 Å². The second kappa shape index (κ2) is 7.21. The van der Waals surface area contributed by atoms with Crippen LogP contribution in [0.3, 0.4) is 0 Å². The van der Waals surface area contributed by atoms with Gasteiger partial charge >= 0.3 is 6.18 Å². The molecule has 0 aliphatic carbocycles. The Bertz CT molecular complexity index is 602. The van der Waals surface area contributed by atoms with Gasteiger partial charge in [-0.2, -0.15) is 13.2 Å². The van der Waals surface area contributed by atoms with Crippen LogP contribution in [0.15, 0.2) is 24.3 Å². The lowest BCUT2D eigenvalue weighted by molar-refractivity contribution is -0.188. The highest BCUT2D eigenvalue weighted by Gasteiger charge is 2.43. The molecule has 0 saturated carbocycles. The molecule has 1 aliphatic heterocycles. The summed E-state index contributed by atoms with van der Waals surface area (Å²) in [6, 6.07) is 5.33. The van der Waals surface area contributed by atoms with Crippen LogP contribution in [-0.4, -0.2) is 42.0 Å². The number of nitrogens with zero attached hydrogens (tertiary/aromatic N) is 1. The van der Waals surface area contributed by atoms with Crippen LogP contribution in [-0.2, 0) is 4.79 Å². The number of halogens is 3. The van der Waals surface area contributed by atoms with E-state index < -0.39 is 24.0 Å². The molecule has 1 fully saturated rings. The zero-order valence-electron chi connectivity index (χ0n) is 13.3. The van der Waals surface area contributed by atoms with Gasteiger partial charge in [0, 0.05) is 17.8 Å². The summed E-state index contributed by atoms with van der Waals surface area (Å²) in [4.78, 5) is 24.8. The van der Waals surface area contributed by atoms with Crippen molar-refractivity contribution in [3.63, 3.8) is 0 Å². The first-order valence-electron chi connectivity index (χ1n) is 7.70. The van der Waals surface area contributed by atoms with Crippen LogP contribution in [0.4, 0.5) is 18.9 Å². The molecule has 3 N–H and O–H groups in total. The van der Waals surface area contributed by atoms with Gasteiger partial charge < -0.3 is 11.1 Å². The van der Waals surface area contributed by atoms with Gasteiger partial charge in [-0.25, -0.2) is 0 Å². The fourth-order valence-electron chi connectivity index (χ4n) is 2.76. The molecule has 2 atom stereocenters. The van der Waals surface area contributed by atoms with Crippen LogP contribution in [0.25, 0.3) is 0 Å². The first kappa shape index (κ1) is 18.3. The number of rotatable bonds is 4. The molecule has 0 bridgehead atoms. The van der Waals surface area contributed by atoms with Gasteiger partial charge in [0.1, 0.15) is 0 Å². The van der Waals surface area contributed by atoms with Crippen molar-refractivity contribution in [2.75, 3.05) is 18.4 Å². The third kappa shape index (κ3) is 4.47. The van der Waals surface area contributed by atoms with Gasteiger partial charge in [0.2, 0.25) is 11.8 Å². The van der Waals surface area contributed by atoms with E-state index in [2.05, 4.69) is 5.32 Å². The van der Waals surface area contributed by atoms with Gasteiger partial charge in [0.25, 0.3) is 0 Å². The van der Waals surface area contributed by atoms with Crippen molar-refractivity contribution in [2.45, 2.75) is 32.0 Å². The highest BCUT2D eigenvalue weighted by Crippen LogP contribution is 2.33. The number of benzene rings is 1. The van der Waals surface area contributed by atoms with Crippen molar-refractivity contribution in [1.29, 1.82) is 0 Å². The van der Waals surface area contributed by atoms with Gasteiger partial charge in [0.15, 0.2) is 0 Å². The maximum Gasteiger partial charge on any atom is 0.393 e. The molecule has 8 heteroatoms. The molecule has 0 unspecified atom stereocenters. The second-order valence-corrected chi connectivity index (χ2v) is 5.98. The Kier molecular flexibility index (Phi) is 5.48. The van der Waals surface area contributed by atoms with Crippen LogP contribution in [0, 0.1) is 5.92 Å². The van der Waals surface area contributed by atoms with Gasteiger partial charge in [0.05, 0.1) is 12.0 Å². The van der Waals surface area contributed by atoms with Crippen LogP contribution in [0.5, 0.6) is 0 Å². The van der Waals surface area contributed by atoms with E-state index in [0.29, 0.717) is 24.2 Å². The lowest BCUT2D eigenvalue weighted by Crippen LogP contribution is -2.49. The largest absolute Gasteiger partial charge is 0.393 e. The molecule has 0 spiro atoms. The number of anilines is 1. The van der Waals surface area contributed by atoms with Crippen LogP contribution >= 0.6 is 0 Å². The van der Waals surface area contributed by atoms with Crippen molar-refractivity contribution in [1.82, 2.24) is 4.90 Å². The van der Waals surface area contributed by atoms with Gasteiger partial charge in [-0.15, -0.1) is 0 Å². The molecule has 1 aromatic rings. The van der Waals surface area contributed by atoms with Crippen LogP contribution in [0.2, 0.25) is 0 Å². The number of carbonyl (C=O) groups is 2. The lowest BCUT2D eigenvalue weighted by Gasteiger charge is -2.36. The van der Waals surface area contributed by atoms with E-state index in [-0.39, 0.29) is 18.9 Å². The molecule has 132 valence electrons. The Hall–Kier alpha value is -2.09. The Morgan fingerprint density at radius 2 is 1.92 bits per heavy atom. The molecule has 5 nitrogen and oxygen atoms in total. The molecule has 0 radical (unpaired) electrons. The van der Waals surface area contributed by atoms with Crippen LogP contribution < -0.4 is 11.1 Å². The first-order chi connectivity index (χ1) is 11.2. The average Bonchev–Trinajstić information content (AvgIpc) is 2.54. The van der Waals surface area contributed by atoms with Crippen molar-refractivity contribution < 1.29 is 22.8 Å². The highest BCUT2D eigenvalue weighted by molar-refractivity contribution is 5.96. The van der Waals surface area contributed by atoms with Gasteiger partial charge in [-0.05, 0) is 50.6 Å². The molecular formula is C16H20F3N3O2. The van der Waals surface area contributed by atoms with E-state index in [1.807, 2.05) is 0 Å². The summed E-state index contributed by atoms with van der Waals surface area (Å²) in [6.45, 7) is 1.88. The molecular weight excluding hydrogens is 323 g/mol. The number of carbonyl (C=O) groups excluding carboxylic acids is 2. The number of primary amides is 1. The minimum Gasteiger partial charge on any atom is -0.366 e. The number of alkyl halides is 3. The molecule has 0 aromatic heterocycles. The number of nitrogens with one attached hydrogen (secondary N) is 1. The average molecular weight is 343 g/mol. The highest BCUT2D eigenvalue weighted by atomic mass is 19.4. The molecule has 2 amide bonds. The standard InChI is InChI=1S/C16H20F3N3O2/c1-10(22-8-2-3-12(9-22)16(17,18)19)15(24)21-13-6-4-11(5-7-13)14(20)23/h4-7,10,12H,2-3,8-9H2,1H3,(H2,20,23)(H,21,24)/t10-,12+/m1/s1. The first-order valence-corrected chi connectivity index (χ1v) is 7.70. The molecule has 1 aliphatic rings. The van der Waals surface area contributed by atoms with E-state index >= 15 is 0 Å². The van der Waals surface area contributed by atoms with E-state index in [9.17, 15) is 22.8 Å². The monoisotopic (exact) mass is 343 g/mol. The molecule has 24 heavy (non-hydrogen) atoms. The minimum absolute atomic E-state index is 0.100. The number of amides is 2. The summed E-state index contributed by atoms with van der Waals surface area (Å²) in [7, 11) is 0. The Balaban J connectivity index is 1.97. The van der Waals surface area contributed by atoms with E-state index in [1.165, 1.54) is 24.3 Å². The quantitative estimate of drug-likeness (QED) is 0.881. The second-order valence-electron chi connectivity index (χ2n) is 5.98. The summed E-state index contributed by atoms with van der Waals surface area (Å²) < 4.78 is 38.6. The van der Waals surface area contributed by atoms with E-state index in [1.54, 1.807) is 11.8 Å². The van der Waals surface area contributed by atoms with E-state index in [0.717, 1.165) is 0 Å². The SMILES string of the molecule is C[C@H](C(=O)Nc1ccc(C(N)=O)cc1)N1CCC[C@H](C(F)(F)F)C1. The zero-order valence-corrected chi connectivity index (χ0v) is 13.3. The number of nitrogens with two attached hydrogens (primary N) is 1. The fourth-order valence-corrected chi connectivity index (χ4v) is 2.76. The third-order valence-corrected chi connectivity index (χ3v) is 4.28. The van der Waals surface area contributed by atoms with Crippen molar-refractivity contribution in [3.05, 3.63) is 29.8 Å².